The molecule has 1 amide bonds. The van der Waals surface area contributed by atoms with Gasteiger partial charge >= 0.3 is 0 Å². The summed E-state index contributed by atoms with van der Waals surface area (Å²) in [6.45, 7) is 1.99. The summed E-state index contributed by atoms with van der Waals surface area (Å²) in [6, 6.07) is 6.63. The lowest BCUT2D eigenvalue weighted by molar-refractivity contribution is -0.127. The molecule has 11 heteroatoms. The molecule has 0 radical (unpaired) electrons. The Morgan fingerprint density at radius 2 is 1.90 bits per heavy atom. The van der Waals surface area contributed by atoms with Gasteiger partial charge in [-0.15, -0.1) is 11.3 Å². The van der Waals surface area contributed by atoms with E-state index in [-0.39, 0.29) is 23.2 Å². The first-order valence-corrected chi connectivity index (χ1v) is 12.2. The third-order valence-corrected chi connectivity index (χ3v) is 8.56. The fraction of sp³-hybridized carbons (Fsp3) is 0.350. The lowest BCUT2D eigenvalue weighted by atomic mass is 10.1. The van der Waals surface area contributed by atoms with Crippen molar-refractivity contribution >= 4 is 44.9 Å². The van der Waals surface area contributed by atoms with Gasteiger partial charge in [0.05, 0.1) is 11.4 Å². The van der Waals surface area contributed by atoms with Crippen molar-refractivity contribution in [3.63, 3.8) is 0 Å². The van der Waals surface area contributed by atoms with Crippen LogP contribution in [0.5, 0.6) is 17.2 Å². The van der Waals surface area contributed by atoms with Gasteiger partial charge in [-0.05, 0) is 35.9 Å². The molecule has 1 aromatic heterocycles. The largest absolute Gasteiger partial charge is 0.493 e. The first-order valence-electron chi connectivity index (χ1n) is 9.58. The van der Waals surface area contributed by atoms with Gasteiger partial charge in [0.15, 0.2) is 11.5 Å². The first-order chi connectivity index (χ1) is 14.9. The number of fused-ring (bicyclic) bond motifs is 1. The summed E-state index contributed by atoms with van der Waals surface area (Å²) in [4.78, 5) is 14.2. The molecule has 0 atom stereocenters. The Morgan fingerprint density at radius 1 is 1.16 bits per heavy atom. The van der Waals surface area contributed by atoms with Crippen LogP contribution in [-0.4, -0.2) is 70.0 Å². The number of amides is 1. The van der Waals surface area contributed by atoms with Crippen LogP contribution in [0, 0.1) is 0 Å². The quantitative estimate of drug-likeness (QED) is 0.607. The van der Waals surface area contributed by atoms with Crippen LogP contribution in [0.3, 0.4) is 0 Å². The second-order valence-corrected chi connectivity index (χ2v) is 10.7. The minimum absolute atomic E-state index is 0.190. The predicted octanol–water partition coefficient (Wildman–Crippen LogP) is 2.73. The molecule has 1 aromatic carbocycles. The number of methoxy groups -OCH3 is 1. The van der Waals surface area contributed by atoms with Crippen LogP contribution in [0.4, 0.5) is 0 Å². The second kappa shape index (κ2) is 9.07. The number of nitrogens with zero attached hydrogens (tertiary/aromatic N) is 2. The van der Waals surface area contributed by atoms with Crippen LogP contribution in [-0.2, 0) is 14.8 Å². The van der Waals surface area contributed by atoms with Crippen molar-refractivity contribution in [2.24, 2.45) is 0 Å². The maximum Gasteiger partial charge on any atom is 0.252 e. The molecule has 1 fully saturated rings. The zero-order valence-corrected chi connectivity index (χ0v) is 19.1. The van der Waals surface area contributed by atoms with E-state index >= 15 is 0 Å². The van der Waals surface area contributed by atoms with Crippen LogP contribution in [0.15, 0.2) is 34.6 Å². The molecule has 8 nitrogen and oxygen atoms in total. The maximum atomic E-state index is 12.7. The summed E-state index contributed by atoms with van der Waals surface area (Å²) in [7, 11) is -2.04. The van der Waals surface area contributed by atoms with E-state index in [2.05, 4.69) is 0 Å². The molecule has 1 saturated heterocycles. The highest BCUT2D eigenvalue weighted by molar-refractivity contribution is 7.91. The molecule has 2 aromatic rings. The summed E-state index contributed by atoms with van der Waals surface area (Å²) in [6.07, 6.45) is 3.15. The Hall–Kier alpha value is -2.27. The minimum atomic E-state index is -3.59. The highest BCUT2D eigenvalue weighted by atomic mass is 35.5. The monoisotopic (exact) mass is 484 g/mol. The van der Waals surface area contributed by atoms with Gasteiger partial charge in [0, 0.05) is 32.3 Å². The van der Waals surface area contributed by atoms with Gasteiger partial charge in [0.25, 0.3) is 10.0 Å². The zero-order chi connectivity index (χ0) is 22.0. The molecule has 0 unspecified atom stereocenters. The number of carbonyl (C=O) groups excluding carboxylic acids is 1. The van der Waals surface area contributed by atoms with Crippen LogP contribution < -0.4 is 14.2 Å². The van der Waals surface area contributed by atoms with E-state index in [9.17, 15) is 13.2 Å². The predicted molar refractivity (Wildman–Crippen MR) is 118 cm³/mol. The van der Waals surface area contributed by atoms with Crippen LogP contribution in [0.2, 0.25) is 4.34 Å². The highest BCUT2D eigenvalue weighted by Crippen LogP contribution is 2.40. The molecular formula is C20H21ClN2O6S2. The van der Waals surface area contributed by atoms with E-state index in [1.807, 2.05) is 0 Å². The van der Waals surface area contributed by atoms with E-state index in [4.69, 9.17) is 25.8 Å². The molecule has 2 aliphatic heterocycles. The summed E-state index contributed by atoms with van der Waals surface area (Å²) in [5.41, 5.74) is 0.741. The summed E-state index contributed by atoms with van der Waals surface area (Å²) in [5.74, 6) is 1.48. The number of halogens is 1. The van der Waals surface area contributed by atoms with Gasteiger partial charge in [-0.1, -0.05) is 11.6 Å². The van der Waals surface area contributed by atoms with E-state index in [1.54, 1.807) is 36.3 Å². The van der Waals surface area contributed by atoms with Crippen LogP contribution in [0.25, 0.3) is 6.08 Å². The lowest BCUT2D eigenvalue weighted by Crippen LogP contribution is -2.50. The Morgan fingerprint density at radius 3 is 2.58 bits per heavy atom. The zero-order valence-electron chi connectivity index (χ0n) is 16.7. The summed E-state index contributed by atoms with van der Waals surface area (Å²) < 4.78 is 43.9. The average molecular weight is 485 g/mol. The molecule has 0 saturated carbocycles. The first kappa shape index (κ1) is 21.9. The molecule has 0 N–H and O–H groups in total. The number of benzene rings is 1. The molecule has 0 spiro atoms. The van der Waals surface area contributed by atoms with Crippen molar-refractivity contribution in [2.75, 3.05) is 46.5 Å². The number of rotatable bonds is 5. The Balaban J connectivity index is 1.40. The third-order valence-electron chi connectivity index (χ3n) is 4.96. The minimum Gasteiger partial charge on any atom is -0.493 e. The molecule has 0 bridgehead atoms. The number of carbonyl (C=O) groups is 1. The van der Waals surface area contributed by atoms with Gasteiger partial charge in [-0.2, -0.15) is 4.31 Å². The van der Waals surface area contributed by atoms with E-state index in [0.29, 0.717) is 47.9 Å². The molecule has 3 heterocycles. The Kier molecular flexibility index (Phi) is 6.42. The Labute approximate surface area is 189 Å². The number of hydrogen-bond donors (Lipinski definition) is 0. The van der Waals surface area contributed by atoms with E-state index in [0.717, 1.165) is 16.9 Å². The van der Waals surface area contributed by atoms with Crippen molar-refractivity contribution in [3.8, 4) is 17.2 Å². The molecule has 166 valence electrons. The van der Waals surface area contributed by atoms with E-state index < -0.39 is 10.0 Å². The number of piperazine rings is 1. The van der Waals surface area contributed by atoms with Crippen LogP contribution >= 0.6 is 22.9 Å². The van der Waals surface area contributed by atoms with Crippen molar-refractivity contribution in [3.05, 3.63) is 40.2 Å². The summed E-state index contributed by atoms with van der Waals surface area (Å²) in [5, 5.41) is 0. The molecular weight excluding hydrogens is 464 g/mol. The van der Waals surface area contributed by atoms with Gasteiger partial charge in [-0.25, -0.2) is 8.42 Å². The number of ether oxygens (including phenoxy) is 3. The van der Waals surface area contributed by atoms with Gasteiger partial charge < -0.3 is 19.1 Å². The Bertz CT molecular complexity index is 1090. The van der Waals surface area contributed by atoms with Gasteiger partial charge in [-0.3, -0.25) is 4.79 Å². The third kappa shape index (κ3) is 4.67. The van der Waals surface area contributed by atoms with Crippen molar-refractivity contribution in [1.82, 2.24) is 9.21 Å². The average Bonchev–Trinajstić information content (AvgIpc) is 3.24. The normalized spacial score (nSPS) is 17.2. The van der Waals surface area contributed by atoms with Gasteiger partial charge in [0.2, 0.25) is 11.7 Å². The SMILES string of the molecule is COc1cc(/C=C/C(=O)N2CCN(S(=O)(=O)c3ccc(Cl)s3)CC2)cc2c1OCCO2. The fourth-order valence-electron chi connectivity index (χ4n) is 3.37. The molecule has 0 aliphatic carbocycles. The maximum absolute atomic E-state index is 12.7. The lowest BCUT2D eigenvalue weighted by Gasteiger charge is -2.33. The van der Waals surface area contributed by atoms with Crippen LogP contribution in [0.1, 0.15) is 5.56 Å². The molecule has 2 aliphatic rings. The molecule has 4 rings (SSSR count). The van der Waals surface area contributed by atoms with Gasteiger partial charge in [0.1, 0.15) is 17.4 Å². The topological polar surface area (TPSA) is 85.4 Å². The van der Waals surface area contributed by atoms with E-state index in [1.165, 1.54) is 16.4 Å². The smallest absolute Gasteiger partial charge is 0.252 e. The van der Waals surface area contributed by atoms with Crippen molar-refractivity contribution < 1.29 is 27.4 Å². The number of hydrogen-bond acceptors (Lipinski definition) is 7. The highest BCUT2D eigenvalue weighted by Gasteiger charge is 2.30. The van der Waals surface area contributed by atoms with Crippen molar-refractivity contribution in [2.45, 2.75) is 4.21 Å². The van der Waals surface area contributed by atoms with Crippen molar-refractivity contribution in [1.29, 1.82) is 0 Å². The molecule has 31 heavy (non-hydrogen) atoms. The fourth-order valence-corrected chi connectivity index (χ4v) is 6.43. The second-order valence-electron chi connectivity index (χ2n) is 6.87. The summed E-state index contributed by atoms with van der Waals surface area (Å²) >= 11 is 6.89. The number of thiophene rings is 1. The number of sulfonamides is 1. The standard InChI is InChI=1S/C20H21ClN2O6S2/c1-27-15-12-14(13-16-20(15)29-11-10-28-16)2-4-18(24)22-6-8-23(9-7-22)31(25,26)19-5-3-17(21)30-19/h2-5,12-13H,6-11H2,1H3/b4-2+.